The van der Waals surface area contributed by atoms with E-state index in [0.29, 0.717) is 0 Å². The first kappa shape index (κ1) is 12.1. The fourth-order valence-corrected chi connectivity index (χ4v) is 3.72. The average Bonchev–Trinajstić information content (AvgIpc) is 3.26. The Bertz CT molecular complexity index is 1420. The second-order valence-electron chi connectivity index (χ2n) is 6.08. The number of nitrogens with zero attached hydrogens (tertiary/aromatic N) is 4. The zero-order valence-electron chi connectivity index (χ0n) is 12.9. The second kappa shape index (κ2) is 3.94. The molecule has 5 heteroatoms. The molecule has 0 unspecified atom stereocenters. The number of para-hydroxylation sites is 2. The van der Waals surface area contributed by atoms with Gasteiger partial charge >= 0.3 is 0 Å². The number of rotatable bonds is 0. The monoisotopic (exact) mass is 312 g/mol. The summed E-state index contributed by atoms with van der Waals surface area (Å²) in [6, 6.07) is 14.6. The Morgan fingerprint density at radius 1 is 0.917 bits per heavy atom. The lowest BCUT2D eigenvalue weighted by molar-refractivity contribution is 0.670. The van der Waals surface area contributed by atoms with Crippen molar-refractivity contribution in [3.8, 4) is 0 Å². The summed E-state index contributed by atoms with van der Waals surface area (Å²) in [6.07, 6.45) is 3.55. The van der Waals surface area contributed by atoms with Gasteiger partial charge < -0.3 is 8.98 Å². The van der Waals surface area contributed by atoms with Gasteiger partial charge in [0.15, 0.2) is 11.2 Å². The van der Waals surface area contributed by atoms with E-state index in [0.717, 1.165) is 49.8 Å². The molecule has 0 saturated carbocycles. The van der Waals surface area contributed by atoms with Crippen molar-refractivity contribution in [1.82, 2.24) is 18.9 Å². The predicted octanol–water partition coefficient (Wildman–Crippen LogP) is 4.27. The van der Waals surface area contributed by atoms with Gasteiger partial charge in [0.05, 0.1) is 22.7 Å². The van der Waals surface area contributed by atoms with E-state index < -0.39 is 0 Å². The number of imidazole rings is 2. The summed E-state index contributed by atoms with van der Waals surface area (Å²) in [5.74, 6) is 0.914. The van der Waals surface area contributed by atoms with Crippen molar-refractivity contribution in [2.45, 2.75) is 0 Å². The Balaban J connectivity index is 1.91. The van der Waals surface area contributed by atoms with Crippen molar-refractivity contribution in [1.29, 1.82) is 0 Å². The molecule has 0 spiro atoms. The van der Waals surface area contributed by atoms with Crippen LogP contribution in [0, 0.1) is 0 Å². The van der Waals surface area contributed by atoms with Crippen LogP contribution >= 0.6 is 0 Å². The molecule has 0 N–H and O–H groups in total. The minimum Gasteiger partial charge on any atom is -0.452 e. The molecular formula is C19H12N4O. The summed E-state index contributed by atoms with van der Waals surface area (Å²) in [5, 5.41) is 2.15. The van der Waals surface area contributed by atoms with E-state index in [1.165, 1.54) is 0 Å². The quantitative estimate of drug-likeness (QED) is 0.421. The van der Waals surface area contributed by atoms with Crippen LogP contribution in [0.4, 0.5) is 0 Å². The van der Waals surface area contributed by atoms with Gasteiger partial charge in [-0.25, -0.2) is 4.98 Å². The fourth-order valence-electron chi connectivity index (χ4n) is 3.72. The number of benzene rings is 2. The topological polar surface area (TPSA) is 48.3 Å². The largest absolute Gasteiger partial charge is 0.452 e. The molecule has 4 heterocycles. The molecule has 0 bridgehead atoms. The molecule has 24 heavy (non-hydrogen) atoms. The summed E-state index contributed by atoms with van der Waals surface area (Å²) < 4.78 is 10.4. The summed E-state index contributed by atoms with van der Waals surface area (Å²) in [5.41, 5.74) is 5.87. The molecule has 0 aliphatic carbocycles. The molecule has 114 valence electrons. The highest BCUT2D eigenvalue weighted by Crippen LogP contribution is 2.35. The van der Waals surface area contributed by atoms with Crippen LogP contribution in [0.15, 0.2) is 59.3 Å². The highest BCUT2D eigenvalue weighted by atomic mass is 16.3. The van der Waals surface area contributed by atoms with Gasteiger partial charge in [-0.2, -0.15) is 0 Å². The number of fused-ring (bicyclic) bond motifs is 9. The number of furan rings is 1. The van der Waals surface area contributed by atoms with Crippen molar-refractivity contribution in [3.63, 3.8) is 0 Å². The van der Waals surface area contributed by atoms with E-state index in [1.807, 2.05) is 13.1 Å². The normalized spacial score (nSPS) is 12.4. The maximum absolute atomic E-state index is 6.07. The lowest BCUT2D eigenvalue weighted by Gasteiger charge is -1.95. The smallest absolute Gasteiger partial charge is 0.215 e. The summed E-state index contributed by atoms with van der Waals surface area (Å²) in [7, 11) is 2.04. The molecule has 6 rings (SSSR count). The van der Waals surface area contributed by atoms with Crippen molar-refractivity contribution >= 4 is 49.8 Å². The number of hydrogen-bond acceptors (Lipinski definition) is 3. The van der Waals surface area contributed by atoms with Crippen LogP contribution < -0.4 is 0 Å². The SMILES string of the molecule is Cn1c2ccccc2n2c3ccc4c5ccncc5oc4c3nc12. The molecule has 4 aromatic heterocycles. The van der Waals surface area contributed by atoms with Crippen molar-refractivity contribution in [2.24, 2.45) is 7.05 Å². The Hall–Kier alpha value is -3.34. The first-order valence-corrected chi connectivity index (χ1v) is 7.84. The highest BCUT2D eigenvalue weighted by molar-refractivity contribution is 6.14. The summed E-state index contributed by atoms with van der Waals surface area (Å²) in [6.45, 7) is 0. The average molecular weight is 312 g/mol. The molecule has 2 aromatic carbocycles. The minimum atomic E-state index is 0.793. The first-order valence-electron chi connectivity index (χ1n) is 7.84. The molecule has 0 aliphatic heterocycles. The zero-order chi connectivity index (χ0) is 15.8. The minimum absolute atomic E-state index is 0.793. The predicted molar refractivity (Wildman–Crippen MR) is 94.2 cm³/mol. The van der Waals surface area contributed by atoms with Gasteiger partial charge in [-0.15, -0.1) is 0 Å². The molecule has 5 nitrogen and oxygen atoms in total. The van der Waals surface area contributed by atoms with Crippen LogP contribution in [0.5, 0.6) is 0 Å². The summed E-state index contributed by atoms with van der Waals surface area (Å²) >= 11 is 0. The van der Waals surface area contributed by atoms with E-state index in [2.05, 4.69) is 50.3 Å². The molecule has 0 saturated heterocycles. The van der Waals surface area contributed by atoms with Gasteiger partial charge in [0.2, 0.25) is 5.78 Å². The van der Waals surface area contributed by atoms with Gasteiger partial charge in [0.25, 0.3) is 0 Å². The number of pyridine rings is 1. The number of hydrogen-bond donors (Lipinski definition) is 0. The number of aromatic nitrogens is 4. The first-order chi connectivity index (χ1) is 11.8. The third-order valence-corrected chi connectivity index (χ3v) is 4.83. The van der Waals surface area contributed by atoms with E-state index in [-0.39, 0.29) is 0 Å². The molecule has 0 radical (unpaired) electrons. The van der Waals surface area contributed by atoms with Crippen LogP contribution in [-0.2, 0) is 7.05 Å². The Kier molecular flexibility index (Phi) is 1.99. The van der Waals surface area contributed by atoms with E-state index >= 15 is 0 Å². The van der Waals surface area contributed by atoms with Crippen LogP contribution in [0.1, 0.15) is 0 Å². The Morgan fingerprint density at radius 2 is 1.79 bits per heavy atom. The van der Waals surface area contributed by atoms with Gasteiger partial charge in [-0.3, -0.25) is 9.38 Å². The Morgan fingerprint density at radius 3 is 2.71 bits per heavy atom. The van der Waals surface area contributed by atoms with Gasteiger partial charge in [-0.1, -0.05) is 12.1 Å². The van der Waals surface area contributed by atoms with E-state index in [4.69, 9.17) is 9.40 Å². The van der Waals surface area contributed by atoms with Gasteiger partial charge in [0.1, 0.15) is 5.52 Å². The summed E-state index contributed by atoms with van der Waals surface area (Å²) in [4.78, 5) is 9.04. The Labute approximate surface area is 135 Å². The third kappa shape index (κ3) is 1.27. The molecular weight excluding hydrogens is 300 g/mol. The van der Waals surface area contributed by atoms with E-state index in [1.54, 1.807) is 12.4 Å². The van der Waals surface area contributed by atoms with Crippen LogP contribution in [0.25, 0.3) is 49.8 Å². The van der Waals surface area contributed by atoms with Gasteiger partial charge in [0, 0.05) is 24.0 Å². The lowest BCUT2D eigenvalue weighted by Crippen LogP contribution is -1.87. The maximum Gasteiger partial charge on any atom is 0.215 e. The van der Waals surface area contributed by atoms with Crippen molar-refractivity contribution in [3.05, 3.63) is 54.9 Å². The molecule has 0 fully saturated rings. The van der Waals surface area contributed by atoms with Crippen LogP contribution in [-0.4, -0.2) is 18.9 Å². The highest BCUT2D eigenvalue weighted by Gasteiger charge is 2.18. The van der Waals surface area contributed by atoms with Crippen molar-refractivity contribution in [2.75, 3.05) is 0 Å². The lowest BCUT2D eigenvalue weighted by atomic mass is 10.1. The molecule has 0 amide bonds. The second-order valence-corrected chi connectivity index (χ2v) is 6.08. The number of aryl methyl sites for hydroxylation is 1. The standard InChI is InChI=1S/C19H12N4O/c1-22-13-4-2-3-5-14(13)23-15-7-6-12-11-8-9-20-10-16(11)24-18(12)17(15)21-19(22)23/h2-10H,1H3. The van der Waals surface area contributed by atoms with Crippen LogP contribution in [0.2, 0.25) is 0 Å². The third-order valence-electron chi connectivity index (χ3n) is 4.83. The molecule has 0 atom stereocenters. The van der Waals surface area contributed by atoms with E-state index in [9.17, 15) is 0 Å². The zero-order valence-corrected chi connectivity index (χ0v) is 12.9. The fraction of sp³-hybridized carbons (Fsp3) is 0.0526. The van der Waals surface area contributed by atoms with Crippen LogP contribution in [0.3, 0.4) is 0 Å². The van der Waals surface area contributed by atoms with Gasteiger partial charge in [-0.05, 0) is 30.3 Å². The molecule has 6 aromatic rings. The van der Waals surface area contributed by atoms with Crippen molar-refractivity contribution < 1.29 is 4.42 Å². The maximum atomic E-state index is 6.07. The molecule has 0 aliphatic rings.